The molecule has 3 aromatic heterocycles. The summed E-state index contributed by atoms with van der Waals surface area (Å²) in [4.78, 5) is 24.0. The Bertz CT molecular complexity index is 1050. The lowest BCUT2D eigenvalue weighted by Gasteiger charge is -2.26. The average Bonchev–Trinajstić information content (AvgIpc) is 3.24. The van der Waals surface area contributed by atoms with Crippen LogP contribution in [0.2, 0.25) is 0 Å². The number of nitrogens with zero attached hydrogens (tertiary/aromatic N) is 6. The zero-order valence-corrected chi connectivity index (χ0v) is 15.3. The number of fused-ring (bicyclic) bond motifs is 1. The van der Waals surface area contributed by atoms with Gasteiger partial charge in [0.05, 0.1) is 41.9 Å². The van der Waals surface area contributed by atoms with Crippen LogP contribution in [0.1, 0.15) is 26.4 Å². The zero-order valence-electron chi connectivity index (χ0n) is 14.5. The van der Waals surface area contributed by atoms with Crippen molar-refractivity contribution in [2.75, 3.05) is 22.5 Å². The second-order valence-corrected chi connectivity index (χ2v) is 7.27. The number of carbonyl (C=O) groups is 1. The first kappa shape index (κ1) is 17.0. The number of carbonyl (C=O) groups excluding carboxylic acids is 1. The van der Waals surface area contributed by atoms with E-state index >= 15 is 0 Å². The van der Waals surface area contributed by atoms with Gasteiger partial charge in [-0.05, 0) is 12.0 Å². The van der Waals surface area contributed by atoms with Crippen LogP contribution in [0.15, 0.2) is 24.8 Å². The topological polar surface area (TPSA) is 126 Å². The van der Waals surface area contributed by atoms with E-state index in [1.54, 1.807) is 30.3 Å². The molecule has 3 N–H and O–H groups in total. The molecule has 0 spiro atoms. The Hall–Kier alpha value is -3.45. The highest BCUT2D eigenvalue weighted by atomic mass is 32.1. The van der Waals surface area contributed by atoms with Gasteiger partial charge in [-0.1, -0.05) is 0 Å². The first-order valence-corrected chi connectivity index (χ1v) is 9.04. The molecular weight excluding hydrogens is 364 g/mol. The maximum atomic E-state index is 12.4. The number of nitrogen functional groups attached to an aromatic ring is 1. The molecule has 0 fully saturated rings. The number of thiophene rings is 1. The third-order valence-corrected chi connectivity index (χ3v) is 5.44. The molecule has 1 aliphatic heterocycles. The summed E-state index contributed by atoms with van der Waals surface area (Å²) in [6, 6.07) is 2.24. The molecule has 0 unspecified atom stereocenters. The number of hydrogen-bond acceptors (Lipinski definition) is 8. The lowest BCUT2D eigenvalue weighted by molar-refractivity contribution is 0.102. The number of aryl methyl sites for hydroxylation is 1. The Balaban J connectivity index is 1.59. The van der Waals surface area contributed by atoms with E-state index in [0.29, 0.717) is 47.3 Å². The minimum Gasteiger partial charge on any atom is -0.396 e. The van der Waals surface area contributed by atoms with Gasteiger partial charge in [0.25, 0.3) is 5.91 Å². The highest BCUT2D eigenvalue weighted by Crippen LogP contribution is 2.37. The van der Waals surface area contributed by atoms with E-state index in [0.717, 1.165) is 10.4 Å². The summed E-state index contributed by atoms with van der Waals surface area (Å²) in [6.07, 6.45) is 6.97. The van der Waals surface area contributed by atoms with Crippen molar-refractivity contribution in [1.82, 2.24) is 19.7 Å². The van der Waals surface area contributed by atoms with Crippen LogP contribution < -0.4 is 16.0 Å². The van der Waals surface area contributed by atoms with Gasteiger partial charge in [-0.2, -0.15) is 10.4 Å². The Labute approximate surface area is 159 Å². The number of rotatable bonds is 3. The molecule has 27 heavy (non-hydrogen) atoms. The van der Waals surface area contributed by atoms with Crippen LogP contribution in [0, 0.1) is 11.3 Å². The molecule has 1 amide bonds. The van der Waals surface area contributed by atoms with Crippen molar-refractivity contribution in [3.8, 4) is 6.07 Å². The number of anilines is 3. The van der Waals surface area contributed by atoms with Crippen LogP contribution in [-0.4, -0.2) is 32.2 Å². The molecule has 0 atom stereocenters. The third kappa shape index (κ3) is 3.20. The first-order chi connectivity index (χ1) is 13.0. The van der Waals surface area contributed by atoms with Gasteiger partial charge in [0.2, 0.25) is 5.95 Å². The normalized spacial score (nSPS) is 13.1. The molecule has 0 radical (unpaired) electrons. The van der Waals surface area contributed by atoms with Gasteiger partial charge in [0.15, 0.2) is 0 Å². The Morgan fingerprint density at radius 2 is 2.15 bits per heavy atom. The summed E-state index contributed by atoms with van der Waals surface area (Å²) in [6.45, 7) is 1.28. The molecule has 0 aromatic carbocycles. The largest absolute Gasteiger partial charge is 0.396 e. The second-order valence-electron chi connectivity index (χ2n) is 6.16. The fourth-order valence-electron chi connectivity index (χ4n) is 2.99. The standard InChI is InChI=1S/C17H16N8OS/c1-24-8-10(5-22-24)15(26)23-16-13(4-18)12-2-3-25(9-14(12)27-16)17-20-6-11(19)7-21-17/h5-8H,2-3,9,19H2,1H3,(H,23,26). The highest BCUT2D eigenvalue weighted by molar-refractivity contribution is 7.16. The summed E-state index contributed by atoms with van der Waals surface area (Å²) in [5.74, 6) is 0.319. The third-order valence-electron chi connectivity index (χ3n) is 4.30. The SMILES string of the molecule is Cn1cc(C(=O)Nc2sc3c(c2C#N)CCN(c2ncc(N)cn2)C3)cn1. The molecule has 9 nitrogen and oxygen atoms in total. The Kier molecular flexibility index (Phi) is 4.21. The maximum Gasteiger partial charge on any atom is 0.259 e. The molecule has 136 valence electrons. The van der Waals surface area contributed by atoms with Gasteiger partial charge in [0, 0.05) is 24.7 Å². The summed E-state index contributed by atoms with van der Waals surface area (Å²) < 4.78 is 1.56. The summed E-state index contributed by atoms with van der Waals surface area (Å²) in [5.41, 5.74) is 8.12. The first-order valence-electron chi connectivity index (χ1n) is 8.22. The number of amides is 1. The minimum absolute atomic E-state index is 0.281. The van der Waals surface area contributed by atoms with E-state index < -0.39 is 0 Å². The number of aromatic nitrogens is 4. The lowest BCUT2D eigenvalue weighted by atomic mass is 10.0. The quantitative estimate of drug-likeness (QED) is 0.706. The molecule has 4 rings (SSSR count). The Morgan fingerprint density at radius 3 is 2.81 bits per heavy atom. The predicted octanol–water partition coefficient (Wildman–Crippen LogP) is 1.54. The van der Waals surface area contributed by atoms with Crippen molar-refractivity contribution < 1.29 is 4.79 Å². The van der Waals surface area contributed by atoms with Crippen molar-refractivity contribution in [1.29, 1.82) is 5.26 Å². The van der Waals surface area contributed by atoms with Gasteiger partial charge in [-0.3, -0.25) is 9.48 Å². The molecule has 4 heterocycles. The molecule has 1 aliphatic rings. The fourth-order valence-corrected chi connectivity index (χ4v) is 4.20. The van der Waals surface area contributed by atoms with Crippen molar-refractivity contribution in [3.63, 3.8) is 0 Å². The molecule has 0 aliphatic carbocycles. The van der Waals surface area contributed by atoms with Crippen LogP contribution in [-0.2, 0) is 20.0 Å². The van der Waals surface area contributed by atoms with Crippen LogP contribution in [0.25, 0.3) is 0 Å². The van der Waals surface area contributed by atoms with Gasteiger partial charge in [0.1, 0.15) is 11.1 Å². The zero-order chi connectivity index (χ0) is 19.0. The molecular formula is C17H16N8OS. The molecule has 0 saturated heterocycles. The predicted molar refractivity (Wildman–Crippen MR) is 101 cm³/mol. The summed E-state index contributed by atoms with van der Waals surface area (Å²) in [7, 11) is 1.75. The van der Waals surface area contributed by atoms with E-state index in [4.69, 9.17) is 5.73 Å². The van der Waals surface area contributed by atoms with Crippen molar-refractivity contribution in [3.05, 3.63) is 46.4 Å². The molecule has 0 bridgehead atoms. The van der Waals surface area contributed by atoms with Crippen LogP contribution >= 0.6 is 11.3 Å². The van der Waals surface area contributed by atoms with Gasteiger partial charge < -0.3 is 16.0 Å². The summed E-state index contributed by atoms with van der Waals surface area (Å²) in [5, 5.41) is 17.0. The van der Waals surface area contributed by atoms with Crippen LogP contribution in [0.5, 0.6) is 0 Å². The average molecular weight is 380 g/mol. The van der Waals surface area contributed by atoms with E-state index in [9.17, 15) is 10.1 Å². The summed E-state index contributed by atoms with van der Waals surface area (Å²) >= 11 is 1.41. The number of nitrogens with one attached hydrogen (secondary N) is 1. The van der Waals surface area contributed by atoms with E-state index in [1.165, 1.54) is 17.5 Å². The van der Waals surface area contributed by atoms with Crippen LogP contribution in [0.4, 0.5) is 16.6 Å². The molecule has 3 aromatic rings. The van der Waals surface area contributed by atoms with Crippen molar-refractivity contribution in [2.45, 2.75) is 13.0 Å². The van der Waals surface area contributed by atoms with Gasteiger partial charge >= 0.3 is 0 Å². The van der Waals surface area contributed by atoms with Gasteiger partial charge in [-0.25, -0.2) is 9.97 Å². The van der Waals surface area contributed by atoms with Crippen molar-refractivity contribution in [2.24, 2.45) is 7.05 Å². The second kappa shape index (κ2) is 6.69. The number of hydrogen-bond donors (Lipinski definition) is 2. The number of nitriles is 1. The Morgan fingerprint density at radius 1 is 1.37 bits per heavy atom. The van der Waals surface area contributed by atoms with E-state index in [1.807, 2.05) is 4.90 Å². The lowest BCUT2D eigenvalue weighted by Crippen LogP contribution is -2.31. The monoisotopic (exact) mass is 380 g/mol. The minimum atomic E-state index is -0.281. The van der Waals surface area contributed by atoms with Crippen LogP contribution in [0.3, 0.4) is 0 Å². The highest BCUT2D eigenvalue weighted by Gasteiger charge is 2.26. The van der Waals surface area contributed by atoms with E-state index in [-0.39, 0.29) is 5.91 Å². The molecule has 0 saturated carbocycles. The number of nitrogens with two attached hydrogens (primary N) is 1. The van der Waals surface area contributed by atoms with E-state index in [2.05, 4.69) is 26.5 Å². The molecule has 10 heteroatoms. The van der Waals surface area contributed by atoms with Crippen molar-refractivity contribution >= 4 is 33.9 Å². The van der Waals surface area contributed by atoms with Gasteiger partial charge in [-0.15, -0.1) is 11.3 Å². The maximum absolute atomic E-state index is 12.4. The smallest absolute Gasteiger partial charge is 0.259 e. The fraction of sp³-hybridized carbons (Fsp3) is 0.235.